The molecule has 3 aromatic rings. The first-order chi connectivity index (χ1) is 15.4. The second kappa shape index (κ2) is 11.0. The Labute approximate surface area is 194 Å². The van der Waals surface area contributed by atoms with Crippen LogP contribution in [0.1, 0.15) is 25.8 Å². The third-order valence-corrected chi connectivity index (χ3v) is 6.10. The Morgan fingerprint density at radius 1 is 1.22 bits per heavy atom. The van der Waals surface area contributed by atoms with Crippen LogP contribution in [0.15, 0.2) is 59.8 Å². The van der Waals surface area contributed by atoms with Crippen molar-refractivity contribution in [3.8, 4) is 11.4 Å². The Bertz CT molecular complexity index is 1160. The molecule has 1 N–H and O–H groups in total. The lowest BCUT2D eigenvalue weighted by Crippen LogP contribution is -2.14. The molecule has 7 nitrogen and oxygen atoms in total. The van der Waals surface area contributed by atoms with Gasteiger partial charge in [0.25, 0.3) is 0 Å². The molecule has 0 aliphatic heterocycles. The number of thioether (sulfide) groups is 1. The molecular weight excluding hydrogens is 447 g/mol. The predicted octanol–water partition coefficient (Wildman–Crippen LogP) is 5.22. The molecule has 2 heterocycles. The van der Waals surface area contributed by atoms with E-state index in [4.69, 9.17) is 0 Å². The van der Waals surface area contributed by atoms with Crippen LogP contribution in [0.5, 0.6) is 0 Å². The highest BCUT2D eigenvalue weighted by molar-refractivity contribution is 7.99. The standard InChI is InChI=1S/C22H23FN6OS2/c1-5-15(8-7-14(3)4)20-26-27-21(32-20)24-18(30)13-31-22-28-25-19(29(22)6-2)16-9-11-17(23)12-10-16/h5,7-12H,3,6,13H2,1-2,4H3,(H,24,27,30)/b8-7-,15-5+. The number of carbonyl (C=O) groups excluding carboxylic acids is 1. The second-order valence-corrected chi connectivity index (χ2v) is 8.65. The number of rotatable bonds is 9. The molecule has 0 bridgehead atoms. The van der Waals surface area contributed by atoms with Crippen LogP contribution < -0.4 is 5.32 Å². The number of carbonyl (C=O) groups is 1. The van der Waals surface area contributed by atoms with E-state index < -0.39 is 0 Å². The first-order valence-electron chi connectivity index (χ1n) is 9.86. The molecule has 1 amide bonds. The third kappa shape index (κ3) is 5.98. The Morgan fingerprint density at radius 3 is 2.62 bits per heavy atom. The lowest BCUT2D eigenvalue weighted by atomic mass is 10.2. The molecule has 10 heteroatoms. The van der Waals surface area contributed by atoms with Crippen LogP contribution in [0.3, 0.4) is 0 Å². The number of amides is 1. The zero-order valence-corrected chi connectivity index (χ0v) is 19.6. The second-order valence-electron chi connectivity index (χ2n) is 6.73. The quantitative estimate of drug-likeness (QED) is 0.341. The lowest BCUT2D eigenvalue weighted by Gasteiger charge is -2.07. The molecule has 2 aromatic heterocycles. The fourth-order valence-electron chi connectivity index (χ4n) is 2.69. The summed E-state index contributed by atoms with van der Waals surface area (Å²) in [4.78, 5) is 12.4. The number of anilines is 1. The number of halogens is 1. The highest BCUT2D eigenvalue weighted by atomic mass is 32.2. The molecule has 0 radical (unpaired) electrons. The molecular formula is C22H23FN6OS2. The van der Waals surface area contributed by atoms with Crippen LogP contribution in [-0.2, 0) is 11.3 Å². The van der Waals surface area contributed by atoms with Crippen molar-refractivity contribution in [1.29, 1.82) is 0 Å². The number of hydrogen-bond acceptors (Lipinski definition) is 7. The molecule has 0 saturated heterocycles. The van der Waals surface area contributed by atoms with Gasteiger partial charge in [0, 0.05) is 17.7 Å². The van der Waals surface area contributed by atoms with E-state index in [1.807, 2.05) is 43.6 Å². The number of nitrogens with zero attached hydrogens (tertiary/aromatic N) is 5. The van der Waals surface area contributed by atoms with Crippen LogP contribution in [0.4, 0.5) is 9.52 Å². The van der Waals surface area contributed by atoms with Crippen LogP contribution in [0.25, 0.3) is 17.0 Å². The lowest BCUT2D eigenvalue weighted by molar-refractivity contribution is -0.113. The fraction of sp³-hybridized carbons (Fsp3) is 0.227. The highest BCUT2D eigenvalue weighted by Crippen LogP contribution is 2.26. The summed E-state index contributed by atoms with van der Waals surface area (Å²) in [6, 6.07) is 6.08. The summed E-state index contributed by atoms with van der Waals surface area (Å²) in [5.41, 5.74) is 2.60. The van der Waals surface area contributed by atoms with Gasteiger partial charge < -0.3 is 4.57 Å². The Balaban J connectivity index is 1.63. The predicted molar refractivity (Wildman–Crippen MR) is 128 cm³/mol. The van der Waals surface area contributed by atoms with E-state index in [2.05, 4.69) is 32.3 Å². The fourth-order valence-corrected chi connectivity index (χ4v) is 4.31. The zero-order chi connectivity index (χ0) is 23.1. The van der Waals surface area contributed by atoms with E-state index in [-0.39, 0.29) is 17.5 Å². The SMILES string of the molecule is C=C(C)/C=C\C(=C/C)c1nnc(NC(=O)CSc2nnc(-c3ccc(F)cc3)n2CC)s1. The summed E-state index contributed by atoms with van der Waals surface area (Å²) in [5, 5.41) is 21.1. The normalized spacial score (nSPS) is 11.8. The average molecular weight is 471 g/mol. The first-order valence-corrected chi connectivity index (χ1v) is 11.7. The van der Waals surface area contributed by atoms with Gasteiger partial charge in [-0.05, 0) is 45.0 Å². The van der Waals surface area contributed by atoms with Crippen LogP contribution in [-0.4, -0.2) is 36.6 Å². The summed E-state index contributed by atoms with van der Waals surface area (Å²) in [7, 11) is 0. The summed E-state index contributed by atoms with van der Waals surface area (Å²) in [6.07, 6.45) is 5.74. The van der Waals surface area contributed by atoms with Crippen LogP contribution in [0.2, 0.25) is 0 Å². The number of allylic oxidation sites excluding steroid dienone is 5. The van der Waals surface area contributed by atoms with Crippen molar-refractivity contribution >= 4 is 39.7 Å². The van der Waals surface area contributed by atoms with Gasteiger partial charge in [-0.25, -0.2) is 4.39 Å². The number of hydrogen-bond donors (Lipinski definition) is 1. The van der Waals surface area contributed by atoms with Gasteiger partial charge in [-0.15, -0.1) is 20.4 Å². The van der Waals surface area contributed by atoms with Gasteiger partial charge in [-0.2, -0.15) is 0 Å². The maximum absolute atomic E-state index is 13.2. The van der Waals surface area contributed by atoms with Crippen LogP contribution >= 0.6 is 23.1 Å². The Morgan fingerprint density at radius 2 is 1.97 bits per heavy atom. The minimum absolute atomic E-state index is 0.141. The molecule has 0 aliphatic rings. The largest absolute Gasteiger partial charge is 0.302 e. The van der Waals surface area contributed by atoms with Gasteiger partial charge in [0.05, 0.1) is 5.75 Å². The van der Waals surface area contributed by atoms with Crippen molar-refractivity contribution in [3.05, 3.63) is 65.5 Å². The zero-order valence-electron chi connectivity index (χ0n) is 18.0. The molecule has 166 valence electrons. The van der Waals surface area contributed by atoms with E-state index in [1.54, 1.807) is 12.1 Å². The van der Waals surface area contributed by atoms with Crippen molar-refractivity contribution < 1.29 is 9.18 Å². The average Bonchev–Trinajstić information content (AvgIpc) is 3.40. The van der Waals surface area contributed by atoms with E-state index in [0.29, 0.717) is 27.7 Å². The van der Waals surface area contributed by atoms with Crippen molar-refractivity contribution in [2.24, 2.45) is 0 Å². The molecule has 32 heavy (non-hydrogen) atoms. The van der Waals surface area contributed by atoms with Gasteiger partial charge in [0.2, 0.25) is 11.0 Å². The molecule has 0 aliphatic carbocycles. The smallest absolute Gasteiger partial charge is 0.236 e. The Kier molecular flexibility index (Phi) is 8.07. The minimum atomic E-state index is -0.309. The van der Waals surface area contributed by atoms with Crippen molar-refractivity contribution in [3.63, 3.8) is 0 Å². The van der Waals surface area contributed by atoms with Crippen molar-refractivity contribution in [2.75, 3.05) is 11.1 Å². The van der Waals surface area contributed by atoms with Crippen LogP contribution in [0, 0.1) is 5.82 Å². The molecule has 0 saturated carbocycles. The van der Waals surface area contributed by atoms with Crippen molar-refractivity contribution in [2.45, 2.75) is 32.5 Å². The molecule has 0 fully saturated rings. The van der Waals surface area contributed by atoms with E-state index >= 15 is 0 Å². The summed E-state index contributed by atoms with van der Waals surface area (Å²) >= 11 is 2.57. The number of benzene rings is 1. The van der Waals surface area contributed by atoms with Gasteiger partial charge in [0.1, 0.15) is 10.8 Å². The van der Waals surface area contributed by atoms with Gasteiger partial charge in [-0.3, -0.25) is 10.1 Å². The summed E-state index contributed by atoms with van der Waals surface area (Å²) in [6.45, 7) is 10.3. The summed E-state index contributed by atoms with van der Waals surface area (Å²) in [5.74, 6) is 0.246. The monoisotopic (exact) mass is 470 g/mol. The molecule has 0 spiro atoms. The molecule has 3 rings (SSSR count). The van der Waals surface area contributed by atoms with Gasteiger partial charge in [0.15, 0.2) is 11.0 Å². The number of nitrogens with one attached hydrogen (secondary N) is 1. The topological polar surface area (TPSA) is 85.6 Å². The van der Waals surface area contributed by atoms with E-state index in [1.165, 1.54) is 35.2 Å². The molecule has 1 aromatic carbocycles. The maximum atomic E-state index is 13.2. The van der Waals surface area contributed by atoms with Crippen molar-refractivity contribution in [1.82, 2.24) is 25.0 Å². The summed E-state index contributed by atoms with van der Waals surface area (Å²) < 4.78 is 15.1. The van der Waals surface area contributed by atoms with Gasteiger partial charge in [-0.1, -0.05) is 53.5 Å². The maximum Gasteiger partial charge on any atom is 0.236 e. The Hall–Kier alpha value is -3.11. The van der Waals surface area contributed by atoms with Gasteiger partial charge >= 0.3 is 0 Å². The highest BCUT2D eigenvalue weighted by Gasteiger charge is 2.16. The molecule has 0 atom stereocenters. The minimum Gasteiger partial charge on any atom is -0.302 e. The number of aromatic nitrogens is 5. The van der Waals surface area contributed by atoms with E-state index in [0.717, 1.165) is 16.7 Å². The third-order valence-electron chi connectivity index (χ3n) is 4.24. The van der Waals surface area contributed by atoms with E-state index in [9.17, 15) is 9.18 Å². The first kappa shape index (κ1) is 23.6. The molecule has 0 unspecified atom stereocenters.